The lowest BCUT2D eigenvalue weighted by atomic mass is 9.76. The van der Waals surface area contributed by atoms with Crippen molar-refractivity contribution in [3.63, 3.8) is 0 Å². The van der Waals surface area contributed by atoms with Crippen LogP contribution in [0, 0.1) is 23.7 Å². The molecule has 0 unspecified atom stereocenters. The predicted octanol–water partition coefficient (Wildman–Crippen LogP) is 0.493. The first-order valence-corrected chi connectivity index (χ1v) is 7.40. The van der Waals surface area contributed by atoms with E-state index in [4.69, 9.17) is 0 Å². The Morgan fingerprint density at radius 2 is 0.917 bits per heavy atom. The molecular formula is C16H22O8. The van der Waals surface area contributed by atoms with Crippen molar-refractivity contribution < 1.29 is 38.1 Å². The minimum atomic E-state index is -1.08. The van der Waals surface area contributed by atoms with Crippen molar-refractivity contribution in [2.75, 3.05) is 28.4 Å². The van der Waals surface area contributed by atoms with Gasteiger partial charge in [-0.3, -0.25) is 19.2 Å². The Balaban J connectivity index is 2.97. The number of ether oxygens (including phenoxy) is 4. The second-order valence-corrected chi connectivity index (χ2v) is 5.34. The first-order chi connectivity index (χ1) is 11.4. The normalized spacial score (nSPS) is 19.8. The van der Waals surface area contributed by atoms with Gasteiger partial charge in [-0.1, -0.05) is 12.2 Å². The number of hydrogen-bond acceptors (Lipinski definition) is 8. The predicted molar refractivity (Wildman–Crippen MR) is 80.4 cm³/mol. The maximum absolute atomic E-state index is 11.8. The highest BCUT2D eigenvalue weighted by atomic mass is 16.5. The van der Waals surface area contributed by atoms with E-state index in [-0.39, 0.29) is 0 Å². The summed E-state index contributed by atoms with van der Waals surface area (Å²) in [5.41, 5.74) is 0. The first kappa shape index (κ1) is 19.7. The first-order valence-electron chi connectivity index (χ1n) is 7.40. The Labute approximate surface area is 140 Å². The summed E-state index contributed by atoms with van der Waals surface area (Å²) < 4.78 is 18.6. The Morgan fingerprint density at radius 1 is 0.667 bits per heavy atom. The van der Waals surface area contributed by atoms with E-state index in [0.717, 1.165) is 0 Å². The molecule has 8 nitrogen and oxygen atoms in total. The Morgan fingerprint density at radius 3 is 1.08 bits per heavy atom. The quantitative estimate of drug-likeness (QED) is 0.297. The van der Waals surface area contributed by atoms with Crippen LogP contribution in [0.1, 0.15) is 12.8 Å². The molecule has 0 spiro atoms. The van der Waals surface area contributed by atoms with Gasteiger partial charge in [-0.05, 0) is 12.8 Å². The van der Waals surface area contributed by atoms with Crippen LogP contribution in [0.2, 0.25) is 0 Å². The maximum Gasteiger partial charge on any atom is 0.320 e. The summed E-state index contributed by atoms with van der Waals surface area (Å²) in [4.78, 5) is 47.3. The Kier molecular flexibility index (Phi) is 7.41. The molecule has 0 amide bonds. The average Bonchev–Trinajstić information content (AvgIpc) is 2.62. The van der Waals surface area contributed by atoms with Gasteiger partial charge in [0.1, 0.15) is 0 Å². The number of esters is 4. The Bertz CT molecular complexity index is 446. The summed E-state index contributed by atoms with van der Waals surface area (Å²) in [5.74, 6) is -5.77. The molecule has 1 aliphatic rings. The van der Waals surface area contributed by atoms with Gasteiger partial charge in [0.25, 0.3) is 0 Å². The maximum atomic E-state index is 11.8. The molecule has 0 saturated heterocycles. The topological polar surface area (TPSA) is 105 Å². The van der Waals surface area contributed by atoms with Crippen LogP contribution in [0.4, 0.5) is 0 Å². The summed E-state index contributed by atoms with van der Waals surface area (Å²) in [7, 11) is 4.77. The van der Waals surface area contributed by atoms with E-state index in [9.17, 15) is 19.2 Å². The Hall–Kier alpha value is -2.38. The van der Waals surface area contributed by atoms with Gasteiger partial charge in [0.05, 0.1) is 28.4 Å². The van der Waals surface area contributed by atoms with Gasteiger partial charge in [0.2, 0.25) is 0 Å². The highest BCUT2D eigenvalue weighted by Gasteiger charge is 2.41. The van der Waals surface area contributed by atoms with Gasteiger partial charge in [0.15, 0.2) is 11.8 Å². The zero-order chi connectivity index (χ0) is 18.3. The summed E-state index contributed by atoms with van der Waals surface area (Å²) in [6, 6.07) is 0. The van der Waals surface area contributed by atoms with Gasteiger partial charge >= 0.3 is 23.9 Å². The fourth-order valence-electron chi connectivity index (χ4n) is 2.82. The van der Waals surface area contributed by atoms with E-state index in [1.165, 1.54) is 28.4 Å². The molecule has 0 aromatic heterocycles. The number of carbonyl (C=O) groups excluding carboxylic acids is 4. The second kappa shape index (κ2) is 9.05. The van der Waals surface area contributed by atoms with E-state index in [1.807, 2.05) is 0 Å². The molecule has 0 aliphatic heterocycles. The van der Waals surface area contributed by atoms with Gasteiger partial charge in [-0.25, -0.2) is 0 Å². The zero-order valence-electron chi connectivity index (χ0n) is 14.1. The lowest BCUT2D eigenvalue weighted by Gasteiger charge is -2.28. The van der Waals surface area contributed by atoms with Crippen LogP contribution in [-0.2, 0) is 38.1 Å². The molecule has 8 heteroatoms. The smallest absolute Gasteiger partial charge is 0.320 e. The molecule has 0 bridgehead atoms. The summed E-state index contributed by atoms with van der Waals surface area (Å²) >= 11 is 0. The molecule has 0 N–H and O–H groups in total. The van der Waals surface area contributed by atoms with Crippen LogP contribution < -0.4 is 0 Å². The molecule has 1 rings (SSSR count). The van der Waals surface area contributed by atoms with Crippen LogP contribution in [0.3, 0.4) is 0 Å². The van der Waals surface area contributed by atoms with Crippen LogP contribution in [0.5, 0.6) is 0 Å². The second-order valence-electron chi connectivity index (χ2n) is 5.34. The third kappa shape index (κ3) is 4.33. The molecule has 24 heavy (non-hydrogen) atoms. The number of rotatable bonds is 6. The fraction of sp³-hybridized carbons (Fsp3) is 0.625. The van der Waals surface area contributed by atoms with Crippen LogP contribution in [-0.4, -0.2) is 52.3 Å². The van der Waals surface area contributed by atoms with E-state index < -0.39 is 47.5 Å². The monoisotopic (exact) mass is 342 g/mol. The molecule has 2 atom stereocenters. The van der Waals surface area contributed by atoms with Crippen molar-refractivity contribution in [3.05, 3.63) is 12.2 Å². The van der Waals surface area contributed by atoms with Gasteiger partial charge in [-0.15, -0.1) is 0 Å². The number of carbonyl (C=O) groups is 4. The number of methoxy groups -OCH3 is 4. The van der Waals surface area contributed by atoms with Crippen molar-refractivity contribution >= 4 is 23.9 Å². The van der Waals surface area contributed by atoms with E-state index >= 15 is 0 Å². The molecular weight excluding hydrogens is 320 g/mol. The van der Waals surface area contributed by atoms with Crippen LogP contribution in [0.25, 0.3) is 0 Å². The molecule has 0 aromatic carbocycles. The average molecular weight is 342 g/mol. The number of hydrogen-bond donors (Lipinski definition) is 0. The van der Waals surface area contributed by atoms with Crippen molar-refractivity contribution in [2.24, 2.45) is 23.7 Å². The van der Waals surface area contributed by atoms with Crippen LogP contribution in [0.15, 0.2) is 12.2 Å². The van der Waals surface area contributed by atoms with Crippen LogP contribution >= 0.6 is 0 Å². The van der Waals surface area contributed by atoms with Crippen molar-refractivity contribution in [1.82, 2.24) is 0 Å². The third-order valence-corrected chi connectivity index (χ3v) is 4.12. The molecule has 0 aromatic rings. The third-order valence-electron chi connectivity index (χ3n) is 4.12. The van der Waals surface area contributed by atoms with E-state index in [0.29, 0.717) is 12.8 Å². The SMILES string of the molecule is COC(=O)C(C(=O)OC)[C@@H]1C=C[C@@H](C(C(=O)OC)C(=O)OC)CC1. The largest absolute Gasteiger partial charge is 0.468 e. The lowest BCUT2D eigenvalue weighted by molar-refractivity contribution is -0.164. The minimum Gasteiger partial charge on any atom is -0.468 e. The minimum absolute atomic E-state index is 0.403. The fourth-order valence-corrected chi connectivity index (χ4v) is 2.82. The van der Waals surface area contributed by atoms with Gasteiger partial charge < -0.3 is 18.9 Å². The molecule has 1 aliphatic carbocycles. The van der Waals surface area contributed by atoms with Gasteiger partial charge in [0, 0.05) is 11.8 Å². The highest BCUT2D eigenvalue weighted by Crippen LogP contribution is 2.33. The molecule has 0 radical (unpaired) electrons. The lowest BCUT2D eigenvalue weighted by Crippen LogP contribution is -2.37. The molecule has 0 heterocycles. The van der Waals surface area contributed by atoms with Crippen molar-refractivity contribution in [3.8, 4) is 0 Å². The summed E-state index contributed by atoms with van der Waals surface area (Å²) in [6.45, 7) is 0. The molecule has 0 saturated carbocycles. The number of allylic oxidation sites excluding steroid dienone is 2. The van der Waals surface area contributed by atoms with E-state index in [1.54, 1.807) is 12.2 Å². The highest BCUT2D eigenvalue weighted by molar-refractivity contribution is 5.96. The van der Waals surface area contributed by atoms with Crippen molar-refractivity contribution in [2.45, 2.75) is 12.8 Å². The molecule has 0 fully saturated rings. The molecule has 134 valence electrons. The summed E-state index contributed by atoms with van der Waals surface area (Å²) in [6.07, 6.45) is 4.07. The van der Waals surface area contributed by atoms with Gasteiger partial charge in [-0.2, -0.15) is 0 Å². The summed E-state index contributed by atoms with van der Waals surface area (Å²) in [5, 5.41) is 0. The van der Waals surface area contributed by atoms with E-state index in [2.05, 4.69) is 18.9 Å². The van der Waals surface area contributed by atoms with Crippen molar-refractivity contribution in [1.29, 1.82) is 0 Å². The standard InChI is InChI=1S/C16H22O8/c1-21-13(17)11(14(18)22-2)9-5-7-10(8-6-9)12(15(19)23-3)16(20)24-4/h5,7,9-12H,6,8H2,1-4H3/t9-,10-/m1/s1. The zero-order valence-corrected chi connectivity index (χ0v) is 14.1.